The number of hydrogen-bond acceptors (Lipinski definition) is 5. The van der Waals surface area contributed by atoms with E-state index >= 15 is 0 Å². The van der Waals surface area contributed by atoms with Gasteiger partial charge in [-0.15, -0.1) is 0 Å². The van der Waals surface area contributed by atoms with Gasteiger partial charge in [-0.25, -0.2) is 0 Å². The van der Waals surface area contributed by atoms with Crippen molar-refractivity contribution in [3.05, 3.63) is 54.1 Å². The van der Waals surface area contributed by atoms with E-state index in [-0.39, 0.29) is 18.4 Å². The van der Waals surface area contributed by atoms with Crippen molar-refractivity contribution >= 4 is 23.2 Å². The number of nitrogens with one attached hydrogen (secondary N) is 3. The number of benzene rings is 2. The third kappa shape index (κ3) is 6.10. The minimum atomic E-state index is -0.186. The standard InChI is InChI=1S/C19H23N3O4/c1-20-19(24)14-6-8-15(9-7-14)21-13-18(23)22-16-4-3-5-17(12-16)26-11-10-25-2/h3-9,12,21H,10-11,13H2,1-2H3,(H,20,24)(H,22,23). The molecule has 0 aliphatic carbocycles. The molecule has 0 atom stereocenters. The second-order valence-corrected chi connectivity index (χ2v) is 5.43. The van der Waals surface area contributed by atoms with Gasteiger partial charge in [0.1, 0.15) is 12.4 Å². The van der Waals surface area contributed by atoms with Crippen molar-refractivity contribution in [1.29, 1.82) is 0 Å². The summed E-state index contributed by atoms with van der Waals surface area (Å²) < 4.78 is 10.4. The van der Waals surface area contributed by atoms with Gasteiger partial charge in [0.15, 0.2) is 0 Å². The summed E-state index contributed by atoms with van der Waals surface area (Å²) in [6.45, 7) is 1.05. The fourth-order valence-electron chi connectivity index (χ4n) is 2.18. The van der Waals surface area contributed by atoms with E-state index in [1.807, 2.05) is 12.1 Å². The summed E-state index contributed by atoms with van der Waals surface area (Å²) in [6, 6.07) is 14.1. The van der Waals surface area contributed by atoms with E-state index in [0.717, 1.165) is 5.69 Å². The van der Waals surface area contributed by atoms with Crippen LogP contribution in [-0.2, 0) is 9.53 Å². The van der Waals surface area contributed by atoms with Gasteiger partial charge in [0, 0.05) is 37.2 Å². The summed E-state index contributed by atoms with van der Waals surface area (Å²) in [7, 11) is 3.19. The Hall–Kier alpha value is -3.06. The zero-order chi connectivity index (χ0) is 18.8. The smallest absolute Gasteiger partial charge is 0.251 e. The Morgan fingerprint density at radius 1 is 1.00 bits per heavy atom. The lowest BCUT2D eigenvalue weighted by atomic mass is 10.2. The summed E-state index contributed by atoms with van der Waals surface area (Å²) in [5, 5.41) is 8.38. The molecule has 0 saturated carbocycles. The van der Waals surface area contributed by atoms with Crippen molar-refractivity contribution in [2.24, 2.45) is 0 Å². The molecule has 138 valence electrons. The molecule has 0 bridgehead atoms. The SMILES string of the molecule is CNC(=O)c1ccc(NCC(=O)Nc2cccc(OCCOC)c2)cc1. The van der Waals surface area contributed by atoms with E-state index < -0.39 is 0 Å². The first-order chi connectivity index (χ1) is 12.6. The highest BCUT2D eigenvalue weighted by molar-refractivity contribution is 5.95. The number of rotatable bonds is 9. The van der Waals surface area contributed by atoms with E-state index in [0.29, 0.717) is 30.2 Å². The molecule has 2 rings (SSSR count). The molecular formula is C19H23N3O4. The maximum atomic E-state index is 12.1. The quantitative estimate of drug-likeness (QED) is 0.598. The molecule has 0 aromatic heterocycles. The van der Waals surface area contributed by atoms with Crippen molar-refractivity contribution in [1.82, 2.24) is 5.32 Å². The Kier molecular flexibility index (Phi) is 7.45. The molecule has 0 unspecified atom stereocenters. The van der Waals surface area contributed by atoms with Gasteiger partial charge in [-0.2, -0.15) is 0 Å². The first-order valence-corrected chi connectivity index (χ1v) is 8.20. The van der Waals surface area contributed by atoms with Crippen LogP contribution >= 0.6 is 0 Å². The molecule has 0 saturated heterocycles. The number of ether oxygens (including phenoxy) is 2. The highest BCUT2D eigenvalue weighted by atomic mass is 16.5. The molecule has 0 spiro atoms. The molecule has 0 aliphatic rings. The van der Waals surface area contributed by atoms with Crippen LogP contribution in [-0.4, -0.2) is 45.7 Å². The molecule has 0 heterocycles. The van der Waals surface area contributed by atoms with Gasteiger partial charge in [0.25, 0.3) is 5.91 Å². The largest absolute Gasteiger partial charge is 0.491 e. The predicted octanol–water partition coefficient (Wildman–Crippen LogP) is 2.12. The van der Waals surface area contributed by atoms with Gasteiger partial charge >= 0.3 is 0 Å². The van der Waals surface area contributed by atoms with Crippen LogP contribution < -0.4 is 20.7 Å². The number of carbonyl (C=O) groups excluding carboxylic acids is 2. The maximum Gasteiger partial charge on any atom is 0.251 e. The summed E-state index contributed by atoms with van der Waals surface area (Å²) in [5.41, 5.74) is 1.97. The molecule has 7 nitrogen and oxygen atoms in total. The van der Waals surface area contributed by atoms with Crippen LogP contribution in [0.5, 0.6) is 5.75 Å². The summed E-state index contributed by atoms with van der Waals surface area (Å²) in [4.78, 5) is 23.6. The fourth-order valence-corrected chi connectivity index (χ4v) is 2.18. The molecule has 7 heteroatoms. The lowest BCUT2D eigenvalue weighted by Gasteiger charge is -2.10. The maximum absolute atomic E-state index is 12.1. The lowest BCUT2D eigenvalue weighted by Crippen LogP contribution is -2.22. The van der Waals surface area contributed by atoms with Gasteiger partial charge in [-0.1, -0.05) is 6.07 Å². The summed E-state index contributed by atoms with van der Waals surface area (Å²) in [6.07, 6.45) is 0. The van der Waals surface area contributed by atoms with Crippen molar-refractivity contribution in [2.75, 3.05) is 44.5 Å². The fraction of sp³-hybridized carbons (Fsp3) is 0.263. The zero-order valence-corrected chi connectivity index (χ0v) is 14.9. The normalized spacial score (nSPS) is 10.1. The third-order valence-corrected chi connectivity index (χ3v) is 3.50. The highest BCUT2D eigenvalue weighted by Crippen LogP contribution is 2.17. The second kappa shape index (κ2) is 10.0. The van der Waals surface area contributed by atoms with E-state index in [4.69, 9.17) is 9.47 Å². The minimum Gasteiger partial charge on any atom is -0.491 e. The Labute approximate surface area is 152 Å². The molecule has 0 fully saturated rings. The Morgan fingerprint density at radius 2 is 1.77 bits per heavy atom. The summed E-state index contributed by atoms with van der Waals surface area (Å²) in [5.74, 6) is 0.328. The number of anilines is 2. The highest BCUT2D eigenvalue weighted by Gasteiger charge is 2.05. The van der Waals surface area contributed by atoms with Crippen LogP contribution in [0.15, 0.2) is 48.5 Å². The van der Waals surface area contributed by atoms with E-state index in [1.165, 1.54) is 0 Å². The van der Waals surface area contributed by atoms with Crippen LogP contribution in [0, 0.1) is 0 Å². The van der Waals surface area contributed by atoms with Gasteiger partial charge in [-0.3, -0.25) is 9.59 Å². The van der Waals surface area contributed by atoms with E-state index in [1.54, 1.807) is 50.6 Å². The Morgan fingerprint density at radius 3 is 2.46 bits per heavy atom. The lowest BCUT2D eigenvalue weighted by molar-refractivity contribution is -0.114. The second-order valence-electron chi connectivity index (χ2n) is 5.43. The van der Waals surface area contributed by atoms with Gasteiger partial charge in [0.2, 0.25) is 5.91 Å². The molecule has 2 aromatic rings. The molecular weight excluding hydrogens is 334 g/mol. The van der Waals surface area contributed by atoms with Gasteiger partial charge < -0.3 is 25.4 Å². The first kappa shape index (κ1) is 19.3. The Bertz CT molecular complexity index is 732. The van der Waals surface area contributed by atoms with Crippen LogP contribution in [0.25, 0.3) is 0 Å². The van der Waals surface area contributed by atoms with Gasteiger partial charge in [0.05, 0.1) is 13.2 Å². The minimum absolute atomic E-state index is 0.105. The Balaban J connectivity index is 1.83. The van der Waals surface area contributed by atoms with Crippen LogP contribution in [0.3, 0.4) is 0 Å². The van der Waals surface area contributed by atoms with Crippen molar-refractivity contribution < 1.29 is 19.1 Å². The molecule has 3 N–H and O–H groups in total. The molecule has 2 aromatic carbocycles. The predicted molar refractivity (Wildman–Crippen MR) is 101 cm³/mol. The summed E-state index contributed by atoms with van der Waals surface area (Å²) >= 11 is 0. The molecule has 2 amide bonds. The van der Waals surface area contributed by atoms with Gasteiger partial charge in [-0.05, 0) is 36.4 Å². The molecule has 26 heavy (non-hydrogen) atoms. The topological polar surface area (TPSA) is 88.7 Å². The average molecular weight is 357 g/mol. The average Bonchev–Trinajstić information content (AvgIpc) is 2.67. The first-order valence-electron chi connectivity index (χ1n) is 8.20. The molecule has 0 aliphatic heterocycles. The number of methoxy groups -OCH3 is 1. The van der Waals surface area contributed by atoms with Crippen molar-refractivity contribution in [3.8, 4) is 5.75 Å². The molecule has 0 radical (unpaired) electrons. The zero-order valence-electron chi connectivity index (χ0n) is 14.9. The van der Waals surface area contributed by atoms with Crippen molar-refractivity contribution in [2.45, 2.75) is 0 Å². The third-order valence-electron chi connectivity index (χ3n) is 3.50. The number of carbonyl (C=O) groups is 2. The van der Waals surface area contributed by atoms with Crippen LogP contribution in [0.2, 0.25) is 0 Å². The monoisotopic (exact) mass is 357 g/mol. The van der Waals surface area contributed by atoms with Crippen molar-refractivity contribution in [3.63, 3.8) is 0 Å². The van der Waals surface area contributed by atoms with Crippen LogP contribution in [0.1, 0.15) is 10.4 Å². The van der Waals surface area contributed by atoms with E-state index in [9.17, 15) is 9.59 Å². The number of amides is 2. The van der Waals surface area contributed by atoms with Crippen LogP contribution in [0.4, 0.5) is 11.4 Å². The number of hydrogen-bond donors (Lipinski definition) is 3. The van der Waals surface area contributed by atoms with E-state index in [2.05, 4.69) is 16.0 Å².